The number of cyclic esters (lactones) is 1. The molecule has 1 heterocycles. The van der Waals surface area contributed by atoms with Gasteiger partial charge in [-0.25, -0.2) is 0 Å². The van der Waals surface area contributed by atoms with Gasteiger partial charge in [0.25, 0.3) is 0 Å². The molecule has 1 fully saturated rings. The van der Waals surface area contributed by atoms with Gasteiger partial charge in [0.2, 0.25) is 0 Å². The highest BCUT2D eigenvalue weighted by Crippen LogP contribution is 2.45. The maximum absolute atomic E-state index is 12.9. The van der Waals surface area contributed by atoms with Crippen molar-refractivity contribution < 1.29 is 34.1 Å². The van der Waals surface area contributed by atoms with E-state index in [0.29, 0.717) is 30.6 Å². The second kappa shape index (κ2) is 13.3. The third-order valence-corrected chi connectivity index (χ3v) is 8.81. The monoisotopic (exact) mass is 534 g/mol. The molecular formula is C31H50O7. The minimum atomic E-state index is -0.722. The molecule has 1 saturated heterocycles. The lowest BCUT2D eigenvalue weighted by Crippen LogP contribution is -2.43. The number of ether oxygens (including phenoxy) is 2. The van der Waals surface area contributed by atoms with Gasteiger partial charge < -0.3 is 19.7 Å². The maximum Gasteiger partial charge on any atom is 0.311 e. The van der Waals surface area contributed by atoms with Gasteiger partial charge in [0, 0.05) is 12.3 Å². The number of fused-ring (bicyclic) bond motifs is 1. The average molecular weight is 535 g/mol. The molecule has 0 saturated carbocycles. The van der Waals surface area contributed by atoms with Crippen LogP contribution in [0.4, 0.5) is 0 Å². The Balaban J connectivity index is 0.000000550. The molecule has 1 aliphatic heterocycles. The molecule has 3 rings (SSSR count). The summed E-state index contributed by atoms with van der Waals surface area (Å²) in [6.07, 6.45) is 10.3. The van der Waals surface area contributed by atoms with E-state index >= 15 is 0 Å². The van der Waals surface area contributed by atoms with Crippen molar-refractivity contribution in [3.05, 3.63) is 23.8 Å². The second-order valence-electron chi connectivity index (χ2n) is 12.8. The van der Waals surface area contributed by atoms with Gasteiger partial charge in [0.1, 0.15) is 12.2 Å². The molecular weight excluding hydrogens is 484 g/mol. The molecule has 216 valence electrons. The van der Waals surface area contributed by atoms with Crippen LogP contribution in [0.25, 0.3) is 0 Å². The zero-order valence-corrected chi connectivity index (χ0v) is 24.7. The van der Waals surface area contributed by atoms with Crippen LogP contribution in [0.1, 0.15) is 100 Å². The number of hydrogen-bond donors (Lipinski definition) is 2. The quantitative estimate of drug-likeness (QED) is 0.362. The van der Waals surface area contributed by atoms with Crippen LogP contribution in [-0.2, 0) is 23.9 Å². The van der Waals surface area contributed by atoms with Crippen molar-refractivity contribution in [1.82, 2.24) is 0 Å². The predicted molar refractivity (Wildman–Crippen MR) is 147 cm³/mol. The molecule has 0 aromatic heterocycles. The van der Waals surface area contributed by atoms with Crippen LogP contribution in [0, 0.1) is 34.5 Å². The van der Waals surface area contributed by atoms with Gasteiger partial charge in [-0.2, -0.15) is 0 Å². The number of carbonyl (C=O) groups is 3. The van der Waals surface area contributed by atoms with Gasteiger partial charge in [0.15, 0.2) is 0 Å². The lowest BCUT2D eigenvalue weighted by atomic mass is 9.65. The standard InChI is InChI=1S/C25H38O5.C6H12O2/c1-6-25(4,5)24(28)30-21-12-15(2)11-17-8-7-16(3)20(23(17)21)10-9-19-13-18(26)14-22(27)29-19;1-4-6(2,3)5(7)8/h7-8,11,15-16,18-21,23,26H,6,9-10,12-14H2,1-5H3;4H2,1-3H3,(H,7,8)/t15-,16-,18+,19+,20-,21-,23-;/m0./s1. The average Bonchev–Trinajstić information content (AvgIpc) is 2.83. The van der Waals surface area contributed by atoms with Crippen molar-refractivity contribution in [2.45, 2.75) is 119 Å². The van der Waals surface area contributed by atoms with Gasteiger partial charge in [0.05, 0.1) is 23.4 Å². The van der Waals surface area contributed by atoms with E-state index < -0.39 is 22.9 Å². The Morgan fingerprint density at radius 1 is 1.05 bits per heavy atom. The first-order valence-corrected chi connectivity index (χ1v) is 14.3. The molecule has 0 bridgehead atoms. The van der Waals surface area contributed by atoms with Gasteiger partial charge in [-0.3, -0.25) is 14.4 Å². The van der Waals surface area contributed by atoms with Crippen LogP contribution in [0.5, 0.6) is 0 Å². The fourth-order valence-electron chi connectivity index (χ4n) is 5.23. The van der Waals surface area contributed by atoms with E-state index in [1.807, 2.05) is 27.7 Å². The molecule has 0 radical (unpaired) electrons. The van der Waals surface area contributed by atoms with E-state index in [9.17, 15) is 19.5 Å². The largest absolute Gasteiger partial charge is 0.481 e. The first-order chi connectivity index (χ1) is 17.6. The summed E-state index contributed by atoms with van der Waals surface area (Å²) in [4.78, 5) is 34.8. The zero-order chi connectivity index (χ0) is 28.8. The molecule has 0 unspecified atom stereocenters. The molecule has 7 atom stereocenters. The fourth-order valence-corrected chi connectivity index (χ4v) is 5.23. The summed E-state index contributed by atoms with van der Waals surface area (Å²) >= 11 is 0. The zero-order valence-electron chi connectivity index (χ0n) is 24.7. The number of esters is 2. The number of rotatable bonds is 8. The Labute approximate surface area is 229 Å². The van der Waals surface area contributed by atoms with Gasteiger partial charge >= 0.3 is 17.9 Å². The van der Waals surface area contributed by atoms with Gasteiger partial charge in [-0.05, 0) is 83.1 Å². The first-order valence-electron chi connectivity index (χ1n) is 14.3. The number of carboxylic acid groups (broad SMARTS) is 1. The fraction of sp³-hybridized carbons (Fsp3) is 0.774. The van der Waals surface area contributed by atoms with Crippen molar-refractivity contribution in [2.24, 2.45) is 34.5 Å². The predicted octanol–water partition coefficient (Wildman–Crippen LogP) is 6.09. The molecule has 7 nitrogen and oxygen atoms in total. The highest BCUT2D eigenvalue weighted by Gasteiger charge is 2.43. The minimum Gasteiger partial charge on any atom is -0.481 e. The van der Waals surface area contributed by atoms with E-state index in [1.54, 1.807) is 13.8 Å². The molecule has 38 heavy (non-hydrogen) atoms. The summed E-state index contributed by atoms with van der Waals surface area (Å²) in [5, 5.41) is 18.4. The van der Waals surface area contributed by atoms with Crippen LogP contribution < -0.4 is 0 Å². The number of hydrogen-bond acceptors (Lipinski definition) is 6. The Morgan fingerprint density at radius 3 is 2.21 bits per heavy atom. The minimum absolute atomic E-state index is 0.0949. The summed E-state index contributed by atoms with van der Waals surface area (Å²) in [6.45, 7) is 15.6. The normalized spacial score (nSPS) is 31.2. The number of carboxylic acids is 1. The molecule has 0 spiro atoms. The molecule has 0 aromatic rings. The summed E-state index contributed by atoms with van der Waals surface area (Å²) < 4.78 is 11.6. The van der Waals surface area contributed by atoms with E-state index in [2.05, 4.69) is 32.1 Å². The van der Waals surface area contributed by atoms with E-state index in [4.69, 9.17) is 14.6 Å². The van der Waals surface area contributed by atoms with E-state index in [1.165, 1.54) is 5.57 Å². The van der Waals surface area contributed by atoms with Crippen LogP contribution in [0.2, 0.25) is 0 Å². The third-order valence-electron chi connectivity index (χ3n) is 8.81. The molecule has 0 amide bonds. The third kappa shape index (κ3) is 8.42. The lowest BCUT2D eigenvalue weighted by molar-refractivity contribution is -0.166. The van der Waals surface area contributed by atoms with Crippen LogP contribution >= 0.6 is 0 Å². The van der Waals surface area contributed by atoms with Crippen LogP contribution in [-0.4, -0.2) is 46.4 Å². The van der Waals surface area contributed by atoms with E-state index in [-0.39, 0.29) is 36.5 Å². The van der Waals surface area contributed by atoms with Crippen LogP contribution in [0.3, 0.4) is 0 Å². The highest BCUT2D eigenvalue weighted by molar-refractivity contribution is 5.76. The molecule has 3 aliphatic rings. The summed E-state index contributed by atoms with van der Waals surface area (Å²) in [5.74, 6) is 0.0536. The molecule has 7 heteroatoms. The smallest absolute Gasteiger partial charge is 0.311 e. The van der Waals surface area contributed by atoms with Crippen molar-refractivity contribution in [3.63, 3.8) is 0 Å². The number of aliphatic hydroxyl groups is 1. The lowest BCUT2D eigenvalue weighted by Gasteiger charge is -2.44. The highest BCUT2D eigenvalue weighted by atomic mass is 16.6. The van der Waals surface area contributed by atoms with Gasteiger partial charge in [-0.1, -0.05) is 45.9 Å². The Bertz CT molecular complexity index is 900. The van der Waals surface area contributed by atoms with Crippen molar-refractivity contribution in [3.8, 4) is 0 Å². The van der Waals surface area contributed by atoms with Crippen molar-refractivity contribution >= 4 is 17.9 Å². The Morgan fingerprint density at radius 2 is 1.68 bits per heavy atom. The van der Waals surface area contributed by atoms with Gasteiger partial charge in [-0.15, -0.1) is 0 Å². The Kier molecular flexibility index (Phi) is 11.2. The second-order valence-corrected chi connectivity index (χ2v) is 12.8. The molecule has 2 aliphatic carbocycles. The topological polar surface area (TPSA) is 110 Å². The molecule has 2 N–H and O–H groups in total. The van der Waals surface area contributed by atoms with Crippen molar-refractivity contribution in [1.29, 1.82) is 0 Å². The number of aliphatic carboxylic acids is 1. The molecule has 0 aromatic carbocycles. The summed E-state index contributed by atoms with van der Waals surface area (Å²) in [5.41, 5.74) is 0.243. The number of aliphatic hydroxyl groups excluding tert-OH is 1. The Hall–Kier alpha value is -2.15. The van der Waals surface area contributed by atoms with Crippen molar-refractivity contribution in [2.75, 3.05) is 0 Å². The number of allylic oxidation sites excluding steroid dienone is 3. The SMILES string of the molecule is CCC(C)(C)C(=O)O.CCC(C)(C)C(=O)O[C@H]1C[C@@H](C)C=C2C=C[C@H](C)[C@H](CC[C@@H]3C[C@@H](O)CC(=O)O3)[C@H]21. The first kappa shape index (κ1) is 32.1. The number of carbonyl (C=O) groups excluding carboxylic acids is 2. The van der Waals surface area contributed by atoms with E-state index in [0.717, 1.165) is 25.7 Å². The summed E-state index contributed by atoms with van der Waals surface area (Å²) in [6, 6.07) is 0. The van der Waals surface area contributed by atoms with Crippen LogP contribution in [0.15, 0.2) is 23.8 Å². The maximum atomic E-state index is 12.9. The summed E-state index contributed by atoms with van der Waals surface area (Å²) in [7, 11) is 0.